The van der Waals surface area contributed by atoms with E-state index < -0.39 is 0 Å². The number of nitrogens with zero attached hydrogens (tertiary/aromatic N) is 2. The summed E-state index contributed by atoms with van der Waals surface area (Å²) in [4.78, 5) is 4.55. The first-order valence-electron chi connectivity index (χ1n) is 6.59. The van der Waals surface area contributed by atoms with Crippen LogP contribution in [0.3, 0.4) is 0 Å². The van der Waals surface area contributed by atoms with Gasteiger partial charge in [0.15, 0.2) is 5.15 Å². The number of pyridine rings is 1. The number of piperidine rings is 1. The number of aryl methyl sites for hydroxylation is 1. The number of imidazole rings is 1. The molecule has 0 amide bonds. The number of hydrogen-bond acceptors (Lipinski definition) is 2. The van der Waals surface area contributed by atoms with E-state index in [1.165, 1.54) is 18.5 Å². The van der Waals surface area contributed by atoms with Crippen molar-refractivity contribution in [2.75, 3.05) is 13.1 Å². The highest BCUT2D eigenvalue weighted by Crippen LogP contribution is 2.23. The maximum absolute atomic E-state index is 6.22. The van der Waals surface area contributed by atoms with Gasteiger partial charge in [-0.15, -0.1) is 0 Å². The van der Waals surface area contributed by atoms with Gasteiger partial charge < -0.3 is 5.32 Å². The third kappa shape index (κ3) is 2.13. The van der Waals surface area contributed by atoms with Crippen molar-refractivity contribution in [1.82, 2.24) is 14.7 Å². The quantitative estimate of drug-likeness (QED) is 0.903. The Balaban J connectivity index is 1.96. The Morgan fingerprint density at radius 3 is 3.17 bits per heavy atom. The molecule has 1 aliphatic rings. The second-order valence-corrected chi connectivity index (χ2v) is 5.48. The van der Waals surface area contributed by atoms with Crippen LogP contribution in [0.25, 0.3) is 5.52 Å². The van der Waals surface area contributed by atoms with Crippen LogP contribution >= 0.6 is 11.6 Å². The fraction of sp³-hybridized carbons (Fsp3) is 0.500. The highest BCUT2D eigenvalue weighted by molar-refractivity contribution is 6.32. The van der Waals surface area contributed by atoms with Gasteiger partial charge in [0.2, 0.25) is 0 Å². The van der Waals surface area contributed by atoms with Crippen molar-refractivity contribution in [1.29, 1.82) is 0 Å². The zero-order chi connectivity index (χ0) is 12.5. The Kier molecular flexibility index (Phi) is 3.27. The lowest BCUT2D eigenvalue weighted by Gasteiger charge is -2.22. The molecule has 96 valence electrons. The van der Waals surface area contributed by atoms with Gasteiger partial charge in [0, 0.05) is 12.1 Å². The second-order valence-electron chi connectivity index (χ2n) is 5.12. The zero-order valence-electron chi connectivity index (χ0n) is 10.6. The van der Waals surface area contributed by atoms with Gasteiger partial charge in [0.05, 0.1) is 5.52 Å². The average Bonchev–Trinajstić information content (AvgIpc) is 2.69. The van der Waals surface area contributed by atoms with Gasteiger partial charge in [-0.2, -0.15) is 0 Å². The number of rotatable bonds is 2. The summed E-state index contributed by atoms with van der Waals surface area (Å²) in [7, 11) is 0. The Morgan fingerprint density at radius 1 is 1.50 bits per heavy atom. The normalized spacial score (nSPS) is 20.4. The summed E-state index contributed by atoms with van der Waals surface area (Å²) in [6, 6.07) is 6.17. The molecule has 2 aromatic rings. The molecule has 0 aromatic carbocycles. The minimum Gasteiger partial charge on any atom is -0.316 e. The van der Waals surface area contributed by atoms with Gasteiger partial charge in [-0.3, -0.25) is 4.40 Å². The molecule has 1 aliphatic heterocycles. The van der Waals surface area contributed by atoms with Crippen LogP contribution in [-0.4, -0.2) is 22.5 Å². The molecule has 4 heteroatoms. The second kappa shape index (κ2) is 4.90. The van der Waals surface area contributed by atoms with Crippen molar-refractivity contribution in [3.05, 3.63) is 34.9 Å². The number of halogens is 1. The molecular formula is C14H18ClN3. The Labute approximate surface area is 112 Å². The number of hydrogen-bond donors (Lipinski definition) is 1. The number of aromatic nitrogens is 2. The minimum atomic E-state index is 0.623. The molecular weight excluding hydrogens is 246 g/mol. The lowest BCUT2D eigenvalue weighted by atomic mass is 9.96. The Hall–Kier alpha value is -1.06. The highest BCUT2D eigenvalue weighted by atomic mass is 35.5. The van der Waals surface area contributed by atoms with Crippen molar-refractivity contribution < 1.29 is 0 Å². The molecule has 1 saturated heterocycles. The standard InChI is InChI=1S/C14H18ClN3/c1-10-4-2-6-12-14(15)17-13(18(10)12)8-11-5-3-7-16-9-11/h2,4,6,11,16H,3,5,7-9H2,1H3. The van der Waals surface area contributed by atoms with Crippen LogP contribution in [0.2, 0.25) is 5.15 Å². The third-order valence-corrected chi connectivity index (χ3v) is 4.03. The summed E-state index contributed by atoms with van der Waals surface area (Å²) >= 11 is 6.22. The third-order valence-electron chi connectivity index (χ3n) is 3.75. The monoisotopic (exact) mass is 263 g/mol. The van der Waals surface area contributed by atoms with Gasteiger partial charge in [-0.1, -0.05) is 17.7 Å². The van der Waals surface area contributed by atoms with Crippen molar-refractivity contribution in [3.8, 4) is 0 Å². The molecule has 0 saturated carbocycles. The summed E-state index contributed by atoms with van der Waals surface area (Å²) < 4.78 is 2.19. The lowest BCUT2D eigenvalue weighted by molar-refractivity contribution is 0.370. The van der Waals surface area contributed by atoms with E-state index in [2.05, 4.69) is 27.7 Å². The molecule has 1 N–H and O–H groups in total. The van der Waals surface area contributed by atoms with Gasteiger partial charge in [0.25, 0.3) is 0 Å². The van der Waals surface area contributed by atoms with E-state index in [1.807, 2.05) is 12.1 Å². The molecule has 1 atom stereocenters. The summed E-state index contributed by atoms with van der Waals surface area (Å²) in [6.07, 6.45) is 3.55. The van der Waals surface area contributed by atoms with Crippen molar-refractivity contribution in [2.45, 2.75) is 26.2 Å². The predicted molar refractivity (Wildman–Crippen MR) is 74.2 cm³/mol. The van der Waals surface area contributed by atoms with Crippen LogP contribution in [0.15, 0.2) is 18.2 Å². The Bertz CT molecular complexity index is 555. The summed E-state index contributed by atoms with van der Waals surface area (Å²) in [5, 5.41) is 4.08. The molecule has 0 radical (unpaired) electrons. The average molecular weight is 264 g/mol. The lowest BCUT2D eigenvalue weighted by Crippen LogP contribution is -2.31. The Morgan fingerprint density at radius 2 is 2.39 bits per heavy atom. The van der Waals surface area contributed by atoms with Crippen molar-refractivity contribution in [2.24, 2.45) is 5.92 Å². The van der Waals surface area contributed by atoms with Crippen LogP contribution in [0.1, 0.15) is 24.4 Å². The van der Waals surface area contributed by atoms with Gasteiger partial charge in [-0.05, 0) is 50.9 Å². The summed E-state index contributed by atoms with van der Waals surface area (Å²) in [5.74, 6) is 1.78. The molecule has 0 bridgehead atoms. The van der Waals surface area contributed by atoms with Gasteiger partial charge in [-0.25, -0.2) is 4.98 Å². The molecule has 0 aliphatic carbocycles. The largest absolute Gasteiger partial charge is 0.316 e. The van der Waals surface area contributed by atoms with Crippen LogP contribution in [0.5, 0.6) is 0 Å². The molecule has 3 nitrogen and oxygen atoms in total. The van der Waals surface area contributed by atoms with Crippen LogP contribution in [0.4, 0.5) is 0 Å². The molecule has 3 rings (SSSR count). The van der Waals surface area contributed by atoms with E-state index in [1.54, 1.807) is 0 Å². The first kappa shape index (κ1) is 12.0. The van der Waals surface area contributed by atoms with E-state index in [4.69, 9.17) is 11.6 Å². The first-order chi connectivity index (χ1) is 8.75. The minimum absolute atomic E-state index is 0.623. The predicted octanol–water partition coefficient (Wildman–Crippen LogP) is 2.84. The first-order valence-corrected chi connectivity index (χ1v) is 6.96. The van der Waals surface area contributed by atoms with Crippen LogP contribution < -0.4 is 5.32 Å². The van der Waals surface area contributed by atoms with Gasteiger partial charge >= 0.3 is 0 Å². The number of fused-ring (bicyclic) bond motifs is 1. The fourth-order valence-corrected chi connectivity index (χ4v) is 3.08. The fourth-order valence-electron chi connectivity index (χ4n) is 2.84. The van der Waals surface area contributed by atoms with E-state index in [0.29, 0.717) is 11.1 Å². The van der Waals surface area contributed by atoms with E-state index >= 15 is 0 Å². The van der Waals surface area contributed by atoms with Gasteiger partial charge in [0.1, 0.15) is 5.82 Å². The van der Waals surface area contributed by atoms with Crippen LogP contribution in [0, 0.1) is 12.8 Å². The smallest absolute Gasteiger partial charge is 0.155 e. The number of nitrogens with one attached hydrogen (secondary N) is 1. The van der Waals surface area contributed by atoms with Crippen LogP contribution in [-0.2, 0) is 6.42 Å². The topological polar surface area (TPSA) is 29.3 Å². The van der Waals surface area contributed by atoms with E-state index in [9.17, 15) is 0 Å². The molecule has 1 fully saturated rings. The summed E-state index contributed by atoms with van der Waals surface area (Å²) in [5.41, 5.74) is 2.22. The molecule has 18 heavy (non-hydrogen) atoms. The van der Waals surface area contributed by atoms with E-state index in [-0.39, 0.29) is 0 Å². The summed E-state index contributed by atoms with van der Waals surface area (Å²) in [6.45, 7) is 4.35. The molecule has 0 spiro atoms. The van der Waals surface area contributed by atoms with Crippen molar-refractivity contribution in [3.63, 3.8) is 0 Å². The highest BCUT2D eigenvalue weighted by Gasteiger charge is 2.18. The molecule has 2 aromatic heterocycles. The maximum Gasteiger partial charge on any atom is 0.155 e. The zero-order valence-corrected chi connectivity index (χ0v) is 11.4. The SMILES string of the molecule is Cc1cccc2c(Cl)nc(CC3CCCNC3)n12. The van der Waals surface area contributed by atoms with Crippen molar-refractivity contribution >= 4 is 17.1 Å². The molecule has 3 heterocycles. The molecule has 1 unspecified atom stereocenters. The van der Waals surface area contributed by atoms with E-state index in [0.717, 1.165) is 30.9 Å². The maximum atomic E-state index is 6.22.